The van der Waals surface area contributed by atoms with Gasteiger partial charge in [0, 0.05) is 6.92 Å². The van der Waals surface area contributed by atoms with E-state index in [0.29, 0.717) is 12.0 Å². The average molecular weight is 389 g/mol. The monoisotopic (exact) mass is 388 g/mol. The summed E-state index contributed by atoms with van der Waals surface area (Å²) in [5.74, 6) is -0.565. The maximum Gasteiger partial charge on any atom is 0.303 e. The van der Waals surface area contributed by atoms with Gasteiger partial charge in [-0.3, -0.25) is 14.4 Å². The smallest absolute Gasteiger partial charge is 0.303 e. The van der Waals surface area contributed by atoms with Crippen molar-refractivity contribution in [3.05, 3.63) is 12.2 Å². The highest BCUT2D eigenvalue weighted by atomic mass is 16.5. The van der Waals surface area contributed by atoms with Crippen LogP contribution in [0.2, 0.25) is 0 Å². The summed E-state index contributed by atoms with van der Waals surface area (Å²) in [6.07, 6.45) is 5.75. The van der Waals surface area contributed by atoms with Crippen LogP contribution >= 0.6 is 0 Å². The van der Waals surface area contributed by atoms with Gasteiger partial charge in [0.1, 0.15) is 6.10 Å². The molecule has 4 aliphatic rings. The normalized spacial score (nSPS) is 47.2. The quantitative estimate of drug-likeness (QED) is 0.580. The van der Waals surface area contributed by atoms with E-state index in [4.69, 9.17) is 4.74 Å². The molecule has 0 aromatic carbocycles. The molecule has 2 bridgehead atoms. The minimum Gasteiger partial charge on any atom is -0.481 e. The van der Waals surface area contributed by atoms with Crippen molar-refractivity contribution in [2.45, 2.75) is 78.2 Å². The summed E-state index contributed by atoms with van der Waals surface area (Å²) in [6, 6.07) is 0. The van der Waals surface area contributed by atoms with Crippen LogP contribution in [0.1, 0.15) is 72.1 Å². The lowest BCUT2D eigenvalue weighted by atomic mass is 9.39. The predicted octanol–water partition coefficient (Wildman–Crippen LogP) is 4.15. The predicted molar refractivity (Wildman–Crippen MR) is 103 cm³/mol. The van der Waals surface area contributed by atoms with E-state index < -0.39 is 17.5 Å². The maximum atomic E-state index is 13.5. The van der Waals surface area contributed by atoms with Crippen molar-refractivity contribution in [3.8, 4) is 0 Å². The fourth-order valence-corrected chi connectivity index (χ4v) is 8.05. The Bertz CT molecular complexity index is 756. The first kappa shape index (κ1) is 19.7. The van der Waals surface area contributed by atoms with Gasteiger partial charge in [0.05, 0.1) is 11.8 Å². The summed E-state index contributed by atoms with van der Waals surface area (Å²) in [6.45, 7) is 9.88. The summed E-state index contributed by atoms with van der Waals surface area (Å²) < 4.78 is 5.84. The molecule has 4 fully saturated rings. The van der Waals surface area contributed by atoms with Gasteiger partial charge >= 0.3 is 11.9 Å². The molecule has 0 radical (unpaired) electrons. The molecule has 1 spiro atoms. The van der Waals surface area contributed by atoms with Gasteiger partial charge in [-0.2, -0.15) is 0 Å². The van der Waals surface area contributed by atoms with Gasteiger partial charge in [-0.25, -0.2) is 0 Å². The van der Waals surface area contributed by atoms with Crippen LogP contribution < -0.4 is 0 Å². The number of ether oxygens (including phenoxy) is 1. The van der Waals surface area contributed by atoms with E-state index in [0.717, 1.165) is 38.5 Å². The zero-order valence-electron chi connectivity index (χ0n) is 17.3. The molecule has 28 heavy (non-hydrogen) atoms. The Hall–Kier alpha value is -1.65. The number of allylic oxidation sites excluding steroid dienone is 1. The molecule has 5 nitrogen and oxygen atoms in total. The van der Waals surface area contributed by atoms with Crippen LogP contribution in [0.25, 0.3) is 0 Å². The Balaban J connectivity index is 1.83. The van der Waals surface area contributed by atoms with E-state index in [1.807, 2.05) is 0 Å². The van der Waals surface area contributed by atoms with Crippen LogP contribution in [0.4, 0.5) is 0 Å². The van der Waals surface area contributed by atoms with E-state index in [9.17, 15) is 19.5 Å². The minimum absolute atomic E-state index is 0.107. The first-order valence-corrected chi connectivity index (χ1v) is 10.7. The van der Waals surface area contributed by atoms with Crippen molar-refractivity contribution in [2.24, 2.45) is 34.0 Å². The fraction of sp³-hybridized carbons (Fsp3) is 0.783. The molecular weight excluding hydrogens is 356 g/mol. The second kappa shape index (κ2) is 6.17. The maximum absolute atomic E-state index is 13.5. The van der Waals surface area contributed by atoms with Crippen molar-refractivity contribution < 1.29 is 24.2 Å². The Labute approximate surface area is 166 Å². The third-order valence-corrected chi connectivity index (χ3v) is 9.00. The molecule has 4 rings (SSSR count). The number of fused-ring (bicyclic) bond motifs is 3. The second-order valence-corrected chi connectivity index (χ2v) is 10.4. The van der Waals surface area contributed by atoms with E-state index in [2.05, 4.69) is 20.4 Å². The van der Waals surface area contributed by atoms with Crippen molar-refractivity contribution in [1.82, 2.24) is 0 Å². The lowest BCUT2D eigenvalue weighted by Gasteiger charge is -2.65. The van der Waals surface area contributed by atoms with Gasteiger partial charge in [-0.1, -0.05) is 26.8 Å². The highest BCUT2D eigenvalue weighted by Gasteiger charge is 2.71. The first-order chi connectivity index (χ1) is 13.0. The molecule has 0 aromatic heterocycles. The second-order valence-electron chi connectivity index (χ2n) is 10.4. The number of carboxylic acid groups (broad SMARTS) is 1. The number of carbonyl (C=O) groups is 3. The summed E-state index contributed by atoms with van der Waals surface area (Å²) >= 11 is 0. The van der Waals surface area contributed by atoms with Gasteiger partial charge in [0.15, 0.2) is 5.78 Å². The first-order valence-electron chi connectivity index (χ1n) is 10.7. The topological polar surface area (TPSA) is 80.7 Å². The summed E-state index contributed by atoms with van der Waals surface area (Å²) in [4.78, 5) is 37.1. The number of carboxylic acids is 1. The summed E-state index contributed by atoms with van der Waals surface area (Å²) in [5.41, 5.74) is -0.386. The van der Waals surface area contributed by atoms with Gasteiger partial charge < -0.3 is 9.84 Å². The molecule has 0 saturated heterocycles. The fourth-order valence-electron chi connectivity index (χ4n) is 8.05. The Kier molecular flexibility index (Phi) is 4.33. The Morgan fingerprint density at radius 2 is 1.93 bits per heavy atom. The third kappa shape index (κ3) is 2.47. The number of Topliss-reactive ketones (excluding diaryl/α,β-unsaturated/α-hetero) is 1. The molecule has 0 amide bonds. The summed E-state index contributed by atoms with van der Waals surface area (Å²) in [5, 5.41) is 9.58. The van der Waals surface area contributed by atoms with E-state index in [1.165, 1.54) is 6.92 Å². The zero-order valence-corrected chi connectivity index (χ0v) is 17.3. The Morgan fingerprint density at radius 3 is 2.57 bits per heavy atom. The third-order valence-electron chi connectivity index (χ3n) is 9.00. The van der Waals surface area contributed by atoms with E-state index in [1.54, 1.807) is 0 Å². The Morgan fingerprint density at radius 1 is 1.21 bits per heavy atom. The molecule has 7 atom stereocenters. The summed E-state index contributed by atoms with van der Waals surface area (Å²) in [7, 11) is 0. The molecule has 0 heterocycles. The molecule has 0 aliphatic heterocycles. The van der Waals surface area contributed by atoms with Crippen LogP contribution in [0, 0.1) is 34.0 Å². The number of hydrogen-bond acceptors (Lipinski definition) is 4. The standard InChI is InChI=1S/C23H32O5/c1-13-15-6-7-16-22(4)9-5-8-21(3,12-19(25)26)17(22)10-18(28-14(2)24)23(16,11-15)20(13)27/h15-18H,1,5-12H2,2-4H3,(H,25,26)/t15-,16+,17-,18+,21+,22+,23-/m1/s1. The van der Waals surface area contributed by atoms with E-state index >= 15 is 0 Å². The highest BCUT2D eigenvalue weighted by Crippen LogP contribution is 2.71. The van der Waals surface area contributed by atoms with Crippen LogP contribution in [-0.4, -0.2) is 28.9 Å². The molecule has 0 aromatic rings. The largest absolute Gasteiger partial charge is 0.481 e. The lowest BCUT2D eigenvalue weighted by Crippen LogP contribution is -2.64. The lowest BCUT2D eigenvalue weighted by molar-refractivity contribution is -0.213. The van der Waals surface area contributed by atoms with Crippen LogP contribution in [0.5, 0.6) is 0 Å². The molecule has 0 unspecified atom stereocenters. The number of aliphatic carboxylic acids is 1. The van der Waals surface area contributed by atoms with Crippen LogP contribution in [0.15, 0.2) is 12.2 Å². The van der Waals surface area contributed by atoms with Gasteiger partial charge in [0.25, 0.3) is 0 Å². The number of hydrogen-bond donors (Lipinski definition) is 1. The molecule has 4 saturated carbocycles. The van der Waals surface area contributed by atoms with Crippen molar-refractivity contribution in [1.29, 1.82) is 0 Å². The number of rotatable bonds is 3. The molecule has 1 N–H and O–H groups in total. The van der Waals surface area contributed by atoms with Crippen LogP contribution in [0.3, 0.4) is 0 Å². The number of esters is 1. The SMILES string of the molecule is C=C1C(=O)[C@]23C[C@H]1CC[C@H]2[C@]1(C)CCC[C@@](C)(CC(=O)O)[C@H]1C[C@@H]3OC(C)=O. The molecule has 5 heteroatoms. The molecular formula is C23H32O5. The number of carbonyl (C=O) groups excluding carboxylic acids is 2. The number of ketones is 1. The molecule has 4 aliphatic carbocycles. The van der Waals surface area contributed by atoms with E-state index in [-0.39, 0.29) is 46.8 Å². The average Bonchev–Trinajstić information content (AvgIpc) is 2.77. The van der Waals surface area contributed by atoms with Crippen molar-refractivity contribution >= 4 is 17.7 Å². The highest BCUT2D eigenvalue weighted by molar-refractivity contribution is 6.03. The minimum atomic E-state index is -0.773. The van der Waals surface area contributed by atoms with Gasteiger partial charge in [-0.15, -0.1) is 0 Å². The zero-order chi connectivity index (χ0) is 20.5. The van der Waals surface area contributed by atoms with Gasteiger partial charge in [-0.05, 0) is 72.7 Å². The van der Waals surface area contributed by atoms with Crippen LogP contribution in [-0.2, 0) is 19.1 Å². The molecule has 154 valence electrons. The van der Waals surface area contributed by atoms with Gasteiger partial charge in [0.2, 0.25) is 0 Å². The van der Waals surface area contributed by atoms with Crippen molar-refractivity contribution in [3.63, 3.8) is 0 Å². The van der Waals surface area contributed by atoms with Crippen molar-refractivity contribution in [2.75, 3.05) is 0 Å².